The smallest absolute Gasteiger partial charge is 0.344 e. The summed E-state index contributed by atoms with van der Waals surface area (Å²) in [5.41, 5.74) is 2.19. The van der Waals surface area contributed by atoms with Crippen LogP contribution in [0, 0.1) is 17.2 Å². The minimum Gasteiger partial charge on any atom is -0.496 e. The van der Waals surface area contributed by atoms with E-state index in [0.29, 0.717) is 23.7 Å². The number of carbonyl (C=O) groups excluding carboxylic acids is 1. The van der Waals surface area contributed by atoms with E-state index in [1.165, 1.54) is 5.56 Å². The number of aliphatic hydroxyl groups excluding tert-OH is 1. The van der Waals surface area contributed by atoms with Crippen LogP contribution in [0.15, 0.2) is 42.5 Å². The highest BCUT2D eigenvalue weighted by Gasteiger charge is 2.36. The SMILES string of the molecule is CCOC(=O)COc1ccc(CCN(C)CCCC(C#N)(c2ccc(OC)c(CO)c2)C(C)C)cc1. The Morgan fingerprint density at radius 3 is 2.47 bits per heavy atom. The first-order chi connectivity index (χ1) is 17.3. The maximum atomic E-state index is 11.4. The average molecular weight is 497 g/mol. The van der Waals surface area contributed by atoms with Gasteiger partial charge in [0.2, 0.25) is 0 Å². The molecule has 1 atom stereocenters. The summed E-state index contributed by atoms with van der Waals surface area (Å²) < 4.78 is 15.7. The summed E-state index contributed by atoms with van der Waals surface area (Å²) in [7, 11) is 3.68. The van der Waals surface area contributed by atoms with Crippen molar-refractivity contribution < 1.29 is 24.1 Å². The minimum absolute atomic E-state index is 0.0890. The predicted molar refractivity (Wildman–Crippen MR) is 140 cm³/mol. The van der Waals surface area contributed by atoms with Crippen LogP contribution in [0.4, 0.5) is 0 Å². The van der Waals surface area contributed by atoms with Crippen molar-refractivity contribution in [2.45, 2.75) is 52.1 Å². The van der Waals surface area contributed by atoms with E-state index < -0.39 is 5.41 Å². The van der Waals surface area contributed by atoms with Crippen molar-refractivity contribution in [1.29, 1.82) is 5.26 Å². The third kappa shape index (κ3) is 7.97. The highest BCUT2D eigenvalue weighted by Crippen LogP contribution is 2.38. The van der Waals surface area contributed by atoms with Gasteiger partial charge in [0.1, 0.15) is 11.5 Å². The molecule has 0 radical (unpaired) electrons. The second-order valence-corrected chi connectivity index (χ2v) is 9.32. The van der Waals surface area contributed by atoms with Gasteiger partial charge in [-0.15, -0.1) is 0 Å². The van der Waals surface area contributed by atoms with Crippen LogP contribution in [-0.4, -0.2) is 56.4 Å². The van der Waals surface area contributed by atoms with Gasteiger partial charge in [-0.1, -0.05) is 32.0 Å². The van der Waals surface area contributed by atoms with E-state index in [1.807, 2.05) is 42.5 Å². The molecule has 2 rings (SSSR count). The van der Waals surface area contributed by atoms with Crippen LogP contribution < -0.4 is 9.47 Å². The lowest BCUT2D eigenvalue weighted by Crippen LogP contribution is -2.32. The fourth-order valence-corrected chi connectivity index (χ4v) is 4.35. The van der Waals surface area contributed by atoms with Crippen LogP contribution in [0.3, 0.4) is 0 Å². The zero-order valence-corrected chi connectivity index (χ0v) is 22.3. The number of esters is 1. The zero-order valence-electron chi connectivity index (χ0n) is 22.3. The molecule has 0 heterocycles. The monoisotopic (exact) mass is 496 g/mol. The van der Waals surface area contributed by atoms with Crippen LogP contribution in [0.2, 0.25) is 0 Å². The average Bonchev–Trinajstić information content (AvgIpc) is 2.89. The van der Waals surface area contributed by atoms with Gasteiger partial charge in [-0.3, -0.25) is 0 Å². The number of methoxy groups -OCH3 is 1. The molecule has 1 unspecified atom stereocenters. The Bertz CT molecular complexity index is 1000. The van der Waals surface area contributed by atoms with E-state index in [-0.39, 0.29) is 25.1 Å². The van der Waals surface area contributed by atoms with Gasteiger partial charge < -0.3 is 24.2 Å². The molecule has 0 aliphatic heterocycles. The first kappa shape index (κ1) is 29.2. The summed E-state index contributed by atoms with van der Waals surface area (Å²) in [5.74, 6) is 1.03. The molecule has 0 spiro atoms. The number of benzene rings is 2. The van der Waals surface area contributed by atoms with Crippen molar-refractivity contribution >= 4 is 5.97 Å². The second-order valence-electron chi connectivity index (χ2n) is 9.32. The number of carbonyl (C=O) groups is 1. The van der Waals surface area contributed by atoms with Gasteiger partial charge in [-0.25, -0.2) is 4.79 Å². The van der Waals surface area contributed by atoms with Gasteiger partial charge in [0.25, 0.3) is 0 Å². The molecule has 2 aromatic rings. The molecule has 7 nitrogen and oxygen atoms in total. The Balaban J connectivity index is 1.90. The Labute approximate surface area is 215 Å². The lowest BCUT2D eigenvalue weighted by Gasteiger charge is -2.32. The van der Waals surface area contributed by atoms with E-state index >= 15 is 0 Å². The van der Waals surface area contributed by atoms with Crippen LogP contribution in [0.25, 0.3) is 0 Å². The van der Waals surface area contributed by atoms with Gasteiger partial charge in [-0.05, 0) is 81.1 Å². The molecule has 196 valence electrons. The van der Waals surface area contributed by atoms with E-state index in [0.717, 1.165) is 37.9 Å². The van der Waals surface area contributed by atoms with Crippen molar-refractivity contribution in [3.05, 3.63) is 59.2 Å². The summed E-state index contributed by atoms with van der Waals surface area (Å²) in [5, 5.41) is 20.0. The molecule has 0 aliphatic carbocycles. The number of likely N-dealkylation sites (N-methyl/N-ethyl adjacent to an activating group) is 1. The van der Waals surface area contributed by atoms with E-state index in [1.54, 1.807) is 14.0 Å². The number of rotatable bonds is 15. The molecule has 0 bridgehead atoms. The number of nitrogens with zero attached hydrogens (tertiary/aromatic N) is 2. The summed E-state index contributed by atoms with van der Waals surface area (Å²) in [6.45, 7) is 7.82. The Morgan fingerprint density at radius 1 is 1.17 bits per heavy atom. The fourth-order valence-electron chi connectivity index (χ4n) is 4.35. The van der Waals surface area contributed by atoms with Crippen LogP contribution in [0.1, 0.15) is 50.3 Å². The Morgan fingerprint density at radius 2 is 1.89 bits per heavy atom. The summed E-state index contributed by atoms with van der Waals surface area (Å²) in [6, 6.07) is 16.1. The van der Waals surface area contributed by atoms with E-state index in [2.05, 4.69) is 31.9 Å². The summed E-state index contributed by atoms with van der Waals surface area (Å²) >= 11 is 0. The first-order valence-electron chi connectivity index (χ1n) is 12.5. The molecule has 36 heavy (non-hydrogen) atoms. The zero-order chi connectivity index (χ0) is 26.6. The highest BCUT2D eigenvalue weighted by atomic mass is 16.6. The molecular formula is C29H40N2O5. The number of nitriles is 1. The highest BCUT2D eigenvalue weighted by molar-refractivity contribution is 5.71. The third-order valence-electron chi connectivity index (χ3n) is 6.63. The molecule has 0 saturated heterocycles. The number of hydrogen-bond acceptors (Lipinski definition) is 7. The third-order valence-corrected chi connectivity index (χ3v) is 6.63. The second kappa shape index (κ2) is 14.5. The van der Waals surface area contributed by atoms with Crippen LogP contribution in [0.5, 0.6) is 11.5 Å². The van der Waals surface area contributed by atoms with Gasteiger partial charge in [0.15, 0.2) is 6.61 Å². The topological polar surface area (TPSA) is 92.0 Å². The fraction of sp³-hybridized carbons (Fsp3) is 0.517. The normalized spacial score (nSPS) is 12.8. The molecule has 0 aromatic heterocycles. The predicted octanol–water partition coefficient (Wildman–Crippen LogP) is 4.50. The lowest BCUT2D eigenvalue weighted by atomic mass is 9.69. The van der Waals surface area contributed by atoms with Crippen molar-refractivity contribution in [2.75, 3.05) is 40.5 Å². The molecule has 7 heteroatoms. The van der Waals surface area contributed by atoms with E-state index in [4.69, 9.17) is 14.2 Å². The Hall–Kier alpha value is -3.08. The molecule has 0 amide bonds. The van der Waals surface area contributed by atoms with Crippen LogP contribution in [-0.2, 0) is 28.0 Å². The minimum atomic E-state index is -0.629. The van der Waals surface area contributed by atoms with E-state index in [9.17, 15) is 15.2 Å². The van der Waals surface area contributed by atoms with Crippen molar-refractivity contribution in [1.82, 2.24) is 4.90 Å². The number of ether oxygens (including phenoxy) is 3. The number of hydrogen-bond donors (Lipinski definition) is 1. The molecule has 2 aromatic carbocycles. The van der Waals surface area contributed by atoms with Gasteiger partial charge in [0.05, 0.1) is 31.8 Å². The number of aliphatic hydroxyl groups is 1. The standard InChI is InChI=1S/C29H40N2O5/c1-6-35-28(33)20-36-26-11-8-23(9-12-26)14-17-31(4)16-7-15-29(21-30,22(2)3)25-10-13-27(34-5)24(18-25)19-32/h8-13,18,22,32H,6-7,14-17,19-20H2,1-5H3. The quantitative estimate of drug-likeness (QED) is 0.363. The molecule has 0 aliphatic rings. The van der Waals surface area contributed by atoms with Crippen molar-refractivity contribution in [2.24, 2.45) is 5.92 Å². The van der Waals surface area contributed by atoms with Crippen LogP contribution >= 0.6 is 0 Å². The van der Waals surface area contributed by atoms with Gasteiger partial charge >= 0.3 is 5.97 Å². The lowest BCUT2D eigenvalue weighted by molar-refractivity contribution is -0.145. The van der Waals surface area contributed by atoms with Crippen molar-refractivity contribution in [3.63, 3.8) is 0 Å². The molecule has 0 saturated carbocycles. The first-order valence-corrected chi connectivity index (χ1v) is 12.5. The maximum absolute atomic E-state index is 11.4. The molecule has 0 fully saturated rings. The molecule has 1 N–H and O–H groups in total. The largest absolute Gasteiger partial charge is 0.496 e. The van der Waals surface area contributed by atoms with Crippen molar-refractivity contribution in [3.8, 4) is 17.6 Å². The maximum Gasteiger partial charge on any atom is 0.344 e. The van der Waals surface area contributed by atoms with Gasteiger partial charge in [-0.2, -0.15) is 5.26 Å². The summed E-state index contributed by atoms with van der Waals surface area (Å²) in [4.78, 5) is 13.7. The summed E-state index contributed by atoms with van der Waals surface area (Å²) in [6.07, 6.45) is 2.50. The Kier molecular flexibility index (Phi) is 11.7. The molecular weight excluding hydrogens is 456 g/mol. The van der Waals surface area contributed by atoms with Gasteiger partial charge in [0, 0.05) is 12.1 Å².